The molecule has 0 unspecified atom stereocenters. The largest absolute Gasteiger partial charge is 0.465 e. The molecule has 0 aliphatic carbocycles. The van der Waals surface area contributed by atoms with E-state index in [9.17, 15) is 18.8 Å². The van der Waals surface area contributed by atoms with Crippen LogP contribution in [0, 0.1) is 23.0 Å². The summed E-state index contributed by atoms with van der Waals surface area (Å²) in [5.74, 6) is -1.29. The van der Waals surface area contributed by atoms with Crippen molar-refractivity contribution < 1.29 is 23.4 Å². The van der Waals surface area contributed by atoms with E-state index < -0.39 is 29.8 Å². The van der Waals surface area contributed by atoms with Crippen LogP contribution in [0.4, 0.5) is 36.7 Å². The molecule has 1 saturated heterocycles. The van der Waals surface area contributed by atoms with E-state index in [4.69, 9.17) is 9.84 Å². The number of aromatic nitrogens is 2. The van der Waals surface area contributed by atoms with Gasteiger partial charge in [-0.1, -0.05) is 6.92 Å². The van der Waals surface area contributed by atoms with Crippen LogP contribution in [0.3, 0.4) is 0 Å². The van der Waals surface area contributed by atoms with Crippen molar-refractivity contribution >= 4 is 29.2 Å². The highest BCUT2D eigenvalue weighted by Crippen LogP contribution is 2.26. The van der Waals surface area contributed by atoms with Gasteiger partial charge in [-0.2, -0.15) is 5.26 Å². The Kier molecular flexibility index (Phi) is 7.78. The number of carbonyl (C=O) groups is 1. The molecular weight excluding hydrogens is 436 g/mol. The monoisotopic (exact) mass is 461 g/mol. The van der Waals surface area contributed by atoms with Gasteiger partial charge in [-0.05, 0) is 19.4 Å². The Balaban J connectivity index is 1.83. The van der Waals surface area contributed by atoms with Gasteiger partial charge in [0.2, 0.25) is 0 Å². The van der Waals surface area contributed by atoms with Crippen LogP contribution in [0.5, 0.6) is 0 Å². The summed E-state index contributed by atoms with van der Waals surface area (Å²) in [6, 6.07) is 3.09. The zero-order valence-electron chi connectivity index (χ0n) is 18.2. The molecular formula is C21H25F2N7O3. The fourth-order valence-corrected chi connectivity index (χ4v) is 3.47. The van der Waals surface area contributed by atoms with Crippen molar-refractivity contribution in [3.8, 4) is 6.07 Å². The van der Waals surface area contributed by atoms with Crippen LogP contribution >= 0.6 is 0 Å². The van der Waals surface area contributed by atoms with Crippen molar-refractivity contribution in [1.82, 2.24) is 15.3 Å². The molecule has 0 bridgehead atoms. The van der Waals surface area contributed by atoms with E-state index in [-0.39, 0.29) is 28.7 Å². The van der Waals surface area contributed by atoms with E-state index >= 15 is 0 Å². The summed E-state index contributed by atoms with van der Waals surface area (Å²) >= 11 is 0. The highest BCUT2D eigenvalue weighted by Gasteiger charge is 2.21. The highest BCUT2D eigenvalue weighted by molar-refractivity contribution is 5.66. The lowest BCUT2D eigenvalue weighted by Crippen LogP contribution is -2.44. The van der Waals surface area contributed by atoms with E-state index in [2.05, 4.69) is 25.9 Å². The van der Waals surface area contributed by atoms with Gasteiger partial charge in [0.1, 0.15) is 6.07 Å². The number of nitrogens with zero attached hydrogens (tertiary/aromatic N) is 4. The predicted molar refractivity (Wildman–Crippen MR) is 118 cm³/mol. The van der Waals surface area contributed by atoms with Crippen LogP contribution in [-0.4, -0.2) is 59.6 Å². The summed E-state index contributed by atoms with van der Waals surface area (Å²) in [5, 5.41) is 26.3. The Morgan fingerprint density at radius 3 is 2.64 bits per heavy atom. The summed E-state index contributed by atoms with van der Waals surface area (Å²) in [6.07, 6.45) is 0.679. The van der Waals surface area contributed by atoms with Gasteiger partial charge in [0.15, 0.2) is 29.1 Å². The molecule has 2 atom stereocenters. The van der Waals surface area contributed by atoms with Crippen LogP contribution in [0.15, 0.2) is 18.3 Å². The number of rotatable bonds is 8. The second-order valence-electron chi connectivity index (χ2n) is 7.48. The van der Waals surface area contributed by atoms with Crippen LogP contribution in [0.25, 0.3) is 0 Å². The first-order valence-electron chi connectivity index (χ1n) is 10.4. The molecule has 0 spiro atoms. The highest BCUT2D eigenvalue weighted by atomic mass is 19.1. The van der Waals surface area contributed by atoms with Gasteiger partial charge in [0, 0.05) is 31.2 Å². The Hall–Kier alpha value is -3.72. The minimum atomic E-state index is -1.20. The molecule has 33 heavy (non-hydrogen) atoms. The number of nitrogens with one attached hydrogen (secondary N) is 3. The number of hydrogen-bond donors (Lipinski definition) is 4. The molecule has 1 amide bonds. The lowest BCUT2D eigenvalue weighted by atomic mass is 10.1. The molecule has 176 valence electrons. The van der Waals surface area contributed by atoms with Gasteiger partial charge in [0.25, 0.3) is 0 Å². The van der Waals surface area contributed by atoms with Crippen molar-refractivity contribution in [2.24, 2.45) is 0 Å². The van der Waals surface area contributed by atoms with Gasteiger partial charge in [-0.25, -0.2) is 23.5 Å². The van der Waals surface area contributed by atoms with Crippen LogP contribution in [0.2, 0.25) is 0 Å². The number of halogens is 2. The van der Waals surface area contributed by atoms with E-state index in [0.717, 1.165) is 6.07 Å². The lowest BCUT2D eigenvalue weighted by Gasteiger charge is -2.28. The normalized spacial score (nSPS) is 15.3. The molecule has 2 aromatic heterocycles. The molecule has 1 aliphatic rings. The minimum Gasteiger partial charge on any atom is -0.465 e. The Labute approximate surface area is 189 Å². The molecule has 3 heterocycles. The molecule has 2 aromatic rings. The van der Waals surface area contributed by atoms with Crippen molar-refractivity contribution in [3.63, 3.8) is 0 Å². The third-order valence-electron chi connectivity index (χ3n) is 5.21. The third kappa shape index (κ3) is 5.95. The first-order valence-corrected chi connectivity index (χ1v) is 10.4. The topological polar surface area (TPSA) is 135 Å². The maximum absolute atomic E-state index is 14.7. The summed E-state index contributed by atoms with van der Waals surface area (Å²) in [6.45, 7) is 5.47. The summed E-state index contributed by atoms with van der Waals surface area (Å²) in [7, 11) is 0. The first kappa shape index (κ1) is 23.9. The Bertz CT molecular complexity index is 1040. The number of morpholine rings is 1. The molecule has 1 fully saturated rings. The van der Waals surface area contributed by atoms with Gasteiger partial charge >= 0.3 is 6.09 Å². The Morgan fingerprint density at radius 2 is 2.03 bits per heavy atom. The Morgan fingerprint density at radius 1 is 1.30 bits per heavy atom. The second kappa shape index (κ2) is 10.7. The number of hydrogen-bond acceptors (Lipinski definition) is 8. The molecule has 4 N–H and O–H groups in total. The fraction of sp³-hybridized carbons (Fsp3) is 0.429. The molecule has 0 aromatic carbocycles. The number of pyridine rings is 2. The van der Waals surface area contributed by atoms with Gasteiger partial charge < -0.3 is 30.7 Å². The maximum Gasteiger partial charge on any atom is 0.404 e. The van der Waals surface area contributed by atoms with Crippen LogP contribution < -0.4 is 20.9 Å². The molecule has 3 rings (SSSR count). The number of amides is 1. The average Bonchev–Trinajstić information content (AvgIpc) is 2.79. The SMILES string of the molecule is CC[C@@H](Nc1nc(Nc2cnc(N3CCOCC3)c(F)c2)c(C#N)cc1F)[C@H](C)NC(=O)O. The number of nitriles is 1. The van der Waals surface area contributed by atoms with E-state index in [1.807, 2.05) is 13.0 Å². The quantitative estimate of drug-likeness (QED) is 0.468. The van der Waals surface area contributed by atoms with E-state index in [0.29, 0.717) is 32.7 Å². The maximum atomic E-state index is 14.7. The lowest BCUT2D eigenvalue weighted by molar-refractivity contribution is 0.122. The predicted octanol–water partition coefficient (Wildman–Crippen LogP) is 3.05. The number of carboxylic acid groups (broad SMARTS) is 1. The van der Waals surface area contributed by atoms with Gasteiger partial charge in [-0.15, -0.1) is 0 Å². The van der Waals surface area contributed by atoms with Crippen LogP contribution in [0.1, 0.15) is 25.8 Å². The molecule has 12 heteroatoms. The van der Waals surface area contributed by atoms with E-state index in [1.54, 1.807) is 11.8 Å². The molecule has 1 aliphatic heterocycles. The van der Waals surface area contributed by atoms with Crippen molar-refractivity contribution in [2.75, 3.05) is 41.8 Å². The zero-order valence-corrected chi connectivity index (χ0v) is 18.2. The minimum absolute atomic E-state index is 0.00965. The van der Waals surface area contributed by atoms with Crippen molar-refractivity contribution in [3.05, 3.63) is 35.5 Å². The number of anilines is 4. The second-order valence-corrected chi connectivity index (χ2v) is 7.48. The average molecular weight is 461 g/mol. The molecule has 0 radical (unpaired) electrons. The third-order valence-corrected chi connectivity index (χ3v) is 5.21. The fourth-order valence-electron chi connectivity index (χ4n) is 3.47. The van der Waals surface area contributed by atoms with Crippen LogP contribution in [-0.2, 0) is 4.74 Å². The van der Waals surface area contributed by atoms with Gasteiger partial charge in [0.05, 0.1) is 30.7 Å². The van der Waals surface area contributed by atoms with Crippen molar-refractivity contribution in [2.45, 2.75) is 32.4 Å². The summed E-state index contributed by atoms with van der Waals surface area (Å²) in [5.41, 5.74) is 0.152. The smallest absolute Gasteiger partial charge is 0.404 e. The first-order chi connectivity index (χ1) is 15.8. The number of ether oxygens (including phenoxy) is 1. The van der Waals surface area contributed by atoms with Crippen molar-refractivity contribution in [1.29, 1.82) is 5.26 Å². The summed E-state index contributed by atoms with van der Waals surface area (Å²) < 4.78 is 34.5. The molecule has 0 saturated carbocycles. The standard InChI is InChI=1S/C21H25F2N7O3/c1-3-17(12(2)26-21(31)32)28-19-15(22)8-13(10-24)18(29-19)27-14-9-16(23)20(25-11-14)30-4-6-33-7-5-30/h8-9,11-12,17,26H,3-7H2,1-2H3,(H,31,32)(H2,27,28,29)/t12-,17+/m0/s1. The van der Waals surface area contributed by atoms with E-state index in [1.165, 1.54) is 12.3 Å². The zero-order chi connectivity index (χ0) is 24.0. The summed E-state index contributed by atoms with van der Waals surface area (Å²) in [4.78, 5) is 21.0. The molecule has 10 nitrogen and oxygen atoms in total. The van der Waals surface area contributed by atoms with Gasteiger partial charge in [-0.3, -0.25) is 0 Å².